The lowest BCUT2D eigenvalue weighted by Gasteiger charge is -2.37. The van der Waals surface area contributed by atoms with Crippen LogP contribution in [0.1, 0.15) is 28.7 Å². The number of hydrogen-bond acceptors (Lipinski definition) is 2. The van der Waals surface area contributed by atoms with Gasteiger partial charge in [-0.05, 0) is 64.5 Å². The highest BCUT2D eigenvalue weighted by Crippen LogP contribution is 2.47. The Hall–Kier alpha value is -1.98. The lowest BCUT2D eigenvalue weighted by Crippen LogP contribution is -2.37. The van der Waals surface area contributed by atoms with Crippen LogP contribution in [0.25, 0.3) is 11.1 Å². The molecule has 0 saturated carbocycles. The molecule has 2 heterocycles. The number of rotatable bonds is 4. The maximum Gasteiger partial charge on any atom is 0.157 e. The maximum atomic E-state index is 11.0. The Labute approximate surface area is 178 Å². The molecule has 5 heteroatoms. The predicted molar refractivity (Wildman–Crippen MR) is 118 cm³/mol. The van der Waals surface area contributed by atoms with Crippen LogP contribution in [-0.4, -0.2) is 26.8 Å². The van der Waals surface area contributed by atoms with Gasteiger partial charge in [-0.1, -0.05) is 60.1 Å². The third-order valence-corrected chi connectivity index (χ3v) is 7.17. The molecule has 2 aliphatic rings. The molecule has 29 heavy (non-hydrogen) atoms. The molecule has 0 aliphatic carbocycles. The van der Waals surface area contributed by atoms with E-state index < -0.39 is 11.1 Å². The second-order valence-electron chi connectivity index (χ2n) is 8.08. The highest BCUT2D eigenvalue weighted by Gasteiger charge is 2.45. The van der Waals surface area contributed by atoms with E-state index in [1.165, 1.54) is 22.3 Å². The molecule has 1 fully saturated rings. The Morgan fingerprint density at radius 3 is 2.45 bits per heavy atom. The van der Waals surface area contributed by atoms with E-state index in [1.807, 2.05) is 36.4 Å². The van der Waals surface area contributed by atoms with Crippen molar-refractivity contribution in [1.29, 1.82) is 0 Å². The van der Waals surface area contributed by atoms with Gasteiger partial charge in [0.1, 0.15) is 0 Å². The van der Waals surface area contributed by atoms with Gasteiger partial charge in [0.05, 0.1) is 5.75 Å². The molecule has 0 radical (unpaired) electrons. The van der Waals surface area contributed by atoms with Crippen molar-refractivity contribution in [2.75, 3.05) is 13.1 Å². The van der Waals surface area contributed by atoms with Gasteiger partial charge in [-0.15, -0.1) is 0 Å². The van der Waals surface area contributed by atoms with Crippen molar-refractivity contribution in [3.8, 4) is 11.1 Å². The summed E-state index contributed by atoms with van der Waals surface area (Å²) in [5.74, 6) is 0.170. The Kier molecular flexibility index (Phi) is 4.83. The summed E-state index contributed by atoms with van der Waals surface area (Å²) in [7, 11) is 0. The number of halogens is 1. The Bertz CT molecular complexity index is 1080. The molecule has 1 saturated heterocycles. The molecule has 3 aromatic rings. The number of nitrogens with zero attached hydrogens (tertiary/aromatic N) is 1. The van der Waals surface area contributed by atoms with E-state index in [-0.39, 0.29) is 11.2 Å². The van der Waals surface area contributed by atoms with Crippen molar-refractivity contribution in [1.82, 2.24) is 4.90 Å². The summed E-state index contributed by atoms with van der Waals surface area (Å²) in [4.78, 5) is 2.54. The second-order valence-corrected chi connectivity index (χ2v) is 9.45. The van der Waals surface area contributed by atoms with Gasteiger partial charge < -0.3 is 4.55 Å². The van der Waals surface area contributed by atoms with Crippen LogP contribution in [0.3, 0.4) is 0 Å². The first-order chi connectivity index (χ1) is 14.0. The van der Waals surface area contributed by atoms with E-state index >= 15 is 0 Å². The van der Waals surface area contributed by atoms with Crippen LogP contribution in [-0.2, 0) is 28.8 Å². The van der Waals surface area contributed by atoms with Gasteiger partial charge in [0.15, 0.2) is 11.1 Å². The zero-order chi connectivity index (χ0) is 20.0. The fraction of sp³-hybridized carbons (Fsp3) is 0.250. The molecule has 3 unspecified atom stereocenters. The fourth-order valence-electron chi connectivity index (χ4n) is 4.95. The number of hydrogen-bond donors (Lipinski definition) is 1. The molecule has 3 atom stereocenters. The zero-order valence-electron chi connectivity index (χ0n) is 16.0. The van der Waals surface area contributed by atoms with E-state index in [1.54, 1.807) is 0 Å². The van der Waals surface area contributed by atoms with E-state index in [2.05, 4.69) is 35.2 Å². The Morgan fingerprint density at radius 1 is 1.00 bits per heavy atom. The predicted octanol–water partition coefficient (Wildman–Crippen LogP) is 5.23. The topological polar surface area (TPSA) is 40.5 Å². The highest BCUT2D eigenvalue weighted by molar-refractivity contribution is 7.78. The van der Waals surface area contributed by atoms with Gasteiger partial charge >= 0.3 is 0 Å². The standard InChI is InChI=1S/C24H22ClNO2S/c25-22-8-6-21(7-9-22)24-11-12-26(16-24)14-20-13-19(5-10-23(20)24)18-3-1-17(2-4-18)15-29(27)28/h1-10,13H,11-12,14-16H2,(H,27,28). The van der Waals surface area contributed by atoms with Crippen molar-refractivity contribution >= 4 is 22.7 Å². The molecular formula is C24H22ClNO2S. The van der Waals surface area contributed by atoms with Crippen molar-refractivity contribution < 1.29 is 8.76 Å². The monoisotopic (exact) mass is 423 g/mol. The first-order valence-electron chi connectivity index (χ1n) is 9.82. The fourth-order valence-corrected chi connectivity index (χ4v) is 5.56. The SMILES string of the molecule is O=S(O)Cc1ccc(-c2ccc3c(c2)CN2CCC3(c3ccc(Cl)cc3)C2)cc1. The van der Waals surface area contributed by atoms with E-state index in [9.17, 15) is 4.21 Å². The quantitative estimate of drug-likeness (QED) is 0.584. The third kappa shape index (κ3) is 3.44. The molecule has 2 bridgehead atoms. The molecule has 2 aliphatic heterocycles. The summed E-state index contributed by atoms with van der Waals surface area (Å²) in [5, 5.41) is 0.778. The van der Waals surface area contributed by atoms with Crippen molar-refractivity contribution in [2.45, 2.75) is 24.1 Å². The van der Waals surface area contributed by atoms with Crippen molar-refractivity contribution in [3.05, 3.63) is 94.0 Å². The van der Waals surface area contributed by atoms with Crippen LogP contribution >= 0.6 is 11.6 Å². The van der Waals surface area contributed by atoms with Crippen molar-refractivity contribution in [2.24, 2.45) is 0 Å². The van der Waals surface area contributed by atoms with Gasteiger partial charge in [-0.25, -0.2) is 4.21 Å². The van der Waals surface area contributed by atoms with E-state index in [0.717, 1.165) is 42.2 Å². The molecule has 3 nitrogen and oxygen atoms in total. The first kappa shape index (κ1) is 19.0. The minimum absolute atomic E-state index is 0.0474. The van der Waals surface area contributed by atoms with Crippen LogP contribution in [0, 0.1) is 0 Å². The summed E-state index contributed by atoms with van der Waals surface area (Å²) in [6.07, 6.45) is 1.13. The molecule has 0 spiro atoms. The lowest BCUT2D eigenvalue weighted by atomic mass is 9.70. The van der Waals surface area contributed by atoms with Crippen LogP contribution in [0.5, 0.6) is 0 Å². The van der Waals surface area contributed by atoms with Crippen LogP contribution in [0.15, 0.2) is 66.7 Å². The van der Waals surface area contributed by atoms with Crippen molar-refractivity contribution in [3.63, 3.8) is 0 Å². The molecule has 0 aromatic heterocycles. The van der Waals surface area contributed by atoms with Gasteiger partial charge in [-0.2, -0.15) is 0 Å². The molecule has 0 amide bonds. The normalized spacial score (nSPS) is 23.6. The minimum Gasteiger partial charge on any atom is -0.306 e. The Morgan fingerprint density at radius 2 is 1.72 bits per heavy atom. The van der Waals surface area contributed by atoms with E-state index in [4.69, 9.17) is 16.2 Å². The largest absolute Gasteiger partial charge is 0.306 e. The summed E-state index contributed by atoms with van der Waals surface area (Å²) in [6.45, 7) is 3.16. The van der Waals surface area contributed by atoms with Gasteiger partial charge in [0.2, 0.25) is 0 Å². The molecule has 148 valence electrons. The highest BCUT2D eigenvalue weighted by atomic mass is 35.5. The van der Waals surface area contributed by atoms with E-state index in [0.29, 0.717) is 0 Å². The van der Waals surface area contributed by atoms with Gasteiger partial charge in [0, 0.05) is 23.5 Å². The molecule has 1 N–H and O–H groups in total. The van der Waals surface area contributed by atoms with Gasteiger partial charge in [-0.3, -0.25) is 4.90 Å². The van der Waals surface area contributed by atoms with Crippen LogP contribution in [0.2, 0.25) is 5.02 Å². The smallest absolute Gasteiger partial charge is 0.157 e. The third-order valence-electron chi connectivity index (χ3n) is 6.34. The number of benzene rings is 3. The first-order valence-corrected chi connectivity index (χ1v) is 11.5. The summed E-state index contributed by atoms with van der Waals surface area (Å²) in [6, 6.07) is 23.1. The lowest BCUT2D eigenvalue weighted by molar-refractivity contribution is 0.295. The maximum absolute atomic E-state index is 11.0. The zero-order valence-corrected chi connectivity index (χ0v) is 17.5. The summed E-state index contributed by atoms with van der Waals surface area (Å²) < 4.78 is 20.1. The van der Waals surface area contributed by atoms with Crippen LogP contribution in [0.4, 0.5) is 0 Å². The average Bonchev–Trinajstić information content (AvgIpc) is 3.07. The van der Waals surface area contributed by atoms with Gasteiger partial charge in [0.25, 0.3) is 0 Å². The average molecular weight is 424 g/mol. The van der Waals surface area contributed by atoms with Crippen LogP contribution < -0.4 is 0 Å². The summed E-state index contributed by atoms with van der Waals surface area (Å²) in [5.41, 5.74) is 7.42. The molecule has 5 rings (SSSR count). The molecule has 3 aromatic carbocycles. The summed E-state index contributed by atoms with van der Waals surface area (Å²) >= 11 is 4.33. The minimum atomic E-state index is -1.81. The second kappa shape index (κ2) is 7.37. The Balaban J connectivity index is 1.52. The number of fused-ring (bicyclic) bond motifs is 4. The molecular weight excluding hydrogens is 402 g/mol.